The number of amides is 1. The monoisotopic (exact) mass is 407 g/mol. The van der Waals surface area contributed by atoms with Crippen LogP contribution in [0, 0.1) is 27.7 Å². The normalized spacial score (nSPS) is 17.5. The van der Waals surface area contributed by atoms with Crippen LogP contribution < -0.4 is 9.47 Å². The summed E-state index contributed by atoms with van der Waals surface area (Å²) >= 11 is 0. The Morgan fingerprint density at radius 2 is 1.63 bits per heavy atom. The predicted molar refractivity (Wildman–Crippen MR) is 115 cm³/mol. The van der Waals surface area contributed by atoms with Gasteiger partial charge in [0.25, 0.3) is 5.91 Å². The fourth-order valence-electron chi connectivity index (χ4n) is 4.71. The van der Waals surface area contributed by atoms with E-state index in [1.165, 1.54) is 0 Å². The Morgan fingerprint density at radius 3 is 2.30 bits per heavy atom. The smallest absolute Gasteiger partial charge is 0.260 e. The quantitative estimate of drug-likeness (QED) is 0.760. The lowest BCUT2D eigenvalue weighted by Crippen LogP contribution is -2.53. The molecule has 5 heteroatoms. The summed E-state index contributed by atoms with van der Waals surface area (Å²) in [4.78, 5) is 27.3. The number of rotatable bonds is 3. The number of benzene rings is 2. The van der Waals surface area contributed by atoms with Crippen molar-refractivity contribution in [2.24, 2.45) is 0 Å². The summed E-state index contributed by atoms with van der Waals surface area (Å²) in [5.74, 6) is 1.53. The Bertz CT molecular complexity index is 982. The summed E-state index contributed by atoms with van der Waals surface area (Å²) in [6.45, 7) is 9.17. The molecular weight excluding hydrogens is 378 g/mol. The van der Waals surface area contributed by atoms with Crippen LogP contribution in [0.5, 0.6) is 11.5 Å². The molecule has 2 aliphatic rings. The maximum Gasteiger partial charge on any atom is 0.260 e. The Kier molecular flexibility index (Phi) is 5.31. The van der Waals surface area contributed by atoms with Gasteiger partial charge in [0, 0.05) is 25.9 Å². The highest BCUT2D eigenvalue weighted by molar-refractivity contribution is 6.01. The summed E-state index contributed by atoms with van der Waals surface area (Å²) in [6.07, 6.45) is 1.69. The molecule has 0 bridgehead atoms. The fraction of sp³-hybridized carbons (Fsp3) is 0.440. The highest BCUT2D eigenvalue weighted by Crippen LogP contribution is 2.41. The Balaban J connectivity index is 1.38. The minimum Gasteiger partial charge on any atom is -0.486 e. The minimum absolute atomic E-state index is 0.0247. The van der Waals surface area contributed by atoms with Crippen molar-refractivity contribution in [3.63, 3.8) is 0 Å². The standard InChI is InChI=1S/C25H29NO4/c1-16-9-17(2)12-20(11-16)29-15-23(28)26-7-5-25(6-8-26)14-21(27)24-19(4)10-18(3)13-22(24)30-25/h9-13H,5-8,14-15H2,1-4H3. The van der Waals surface area contributed by atoms with Gasteiger partial charge < -0.3 is 14.4 Å². The molecule has 0 aromatic heterocycles. The van der Waals surface area contributed by atoms with E-state index >= 15 is 0 Å². The molecule has 0 radical (unpaired) electrons. The van der Waals surface area contributed by atoms with E-state index < -0.39 is 5.60 Å². The maximum atomic E-state index is 12.8. The fourth-order valence-corrected chi connectivity index (χ4v) is 4.71. The van der Waals surface area contributed by atoms with E-state index in [2.05, 4.69) is 6.07 Å². The summed E-state index contributed by atoms with van der Waals surface area (Å²) < 4.78 is 12.1. The number of fused-ring (bicyclic) bond motifs is 1. The van der Waals surface area contributed by atoms with Crippen molar-refractivity contribution in [3.05, 3.63) is 58.1 Å². The first-order valence-corrected chi connectivity index (χ1v) is 10.6. The zero-order valence-corrected chi connectivity index (χ0v) is 18.2. The molecule has 0 atom stereocenters. The molecule has 5 nitrogen and oxygen atoms in total. The van der Waals surface area contributed by atoms with Gasteiger partial charge >= 0.3 is 0 Å². The van der Waals surface area contributed by atoms with Crippen molar-refractivity contribution in [1.29, 1.82) is 0 Å². The Labute approximate surface area is 178 Å². The number of ether oxygens (including phenoxy) is 2. The molecule has 2 aliphatic heterocycles. The molecule has 1 fully saturated rings. The SMILES string of the molecule is Cc1cc(C)cc(OCC(=O)N2CCC3(CC2)CC(=O)c2c(C)cc(C)cc2O3)c1. The van der Waals surface area contributed by atoms with Crippen LogP contribution in [0.15, 0.2) is 30.3 Å². The maximum absolute atomic E-state index is 12.8. The first kappa shape index (κ1) is 20.5. The van der Waals surface area contributed by atoms with Crippen molar-refractivity contribution >= 4 is 11.7 Å². The van der Waals surface area contributed by atoms with Crippen molar-refractivity contribution in [2.45, 2.75) is 52.6 Å². The topological polar surface area (TPSA) is 55.8 Å². The van der Waals surface area contributed by atoms with E-state index in [1.807, 2.05) is 56.9 Å². The molecule has 2 aromatic carbocycles. The van der Waals surface area contributed by atoms with Gasteiger partial charge in [-0.2, -0.15) is 0 Å². The second-order valence-electron chi connectivity index (χ2n) is 8.83. The highest BCUT2D eigenvalue weighted by Gasteiger charge is 2.44. The third-order valence-electron chi connectivity index (χ3n) is 6.12. The molecule has 2 aromatic rings. The Morgan fingerprint density at radius 1 is 1.00 bits per heavy atom. The van der Waals surface area contributed by atoms with E-state index in [0.29, 0.717) is 43.7 Å². The van der Waals surface area contributed by atoms with E-state index in [4.69, 9.17) is 9.47 Å². The molecular formula is C25H29NO4. The van der Waals surface area contributed by atoms with Crippen LogP contribution in [0.3, 0.4) is 0 Å². The molecule has 0 N–H and O–H groups in total. The predicted octanol–water partition coefficient (Wildman–Crippen LogP) is 4.33. The third kappa shape index (κ3) is 4.07. The number of nitrogens with zero attached hydrogens (tertiary/aromatic N) is 1. The second-order valence-corrected chi connectivity index (χ2v) is 8.83. The van der Waals surface area contributed by atoms with Crippen LogP contribution in [-0.2, 0) is 4.79 Å². The zero-order valence-electron chi connectivity index (χ0n) is 18.2. The average Bonchev–Trinajstić information content (AvgIpc) is 2.65. The molecule has 0 aliphatic carbocycles. The first-order chi connectivity index (χ1) is 14.2. The molecule has 1 amide bonds. The summed E-state index contributed by atoms with van der Waals surface area (Å²) in [5, 5.41) is 0. The molecule has 4 rings (SSSR count). The van der Waals surface area contributed by atoms with Gasteiger partial charge in [-0.15, -0.1) is 0 Å². The van der Waals surface area contributed by atoms with Crippen LogP contribution in [-0.4, -0.2) is 41.9 Å². The van der Waals surface area contributed by atoms with Crippen molar-refractivity contribution < 1.29 is 19.1 Å². The molecule has 2 heterocycles. The number of hydrogen-bond donors (Lipinski definition) is 0. The lowest BCUT2D eigenvalue weighted by Gasteiger charge is -2.44. The van der Waals surface area contributed by atoms with Gasteiger partial charge in [0.1, 0.15) is 17.1 Å². The third-order valence-corrected chi connectivity index (χ3v) is 6.12. The van der Waals surface area contributed by atoms with Crippen LogP contribution >= 0.6 is 0 Å². The number of hydrogen-bond acceptors (Lipinski definition) is 4. The lowest BCUT2D eigenvalue weighted by atomic mass is 9.81. The van der Waals surface area contributed by atoms with E-state index in [9.17, 15) is 9.59 Å². The van der Waals surface area contributed by atoms with Crippen LogP contribution in [0.2, 0.25) is 0 Å². The number of aryl methyl sites for hydroxylation is 4. The van der Waals surface area contributed by atoms with Crippen LogP contribution in [0.4, 0.5) is 0 Å². The van der Waals surface area contributed by atoms with Gasteiger partial charge in [0.05, 0.1) is 12.0 Å². The molecule has 30 heavy (non-hydrogen) atoms. The number of ketones is 1. The molecule has 1 saturated heterocycles. The van der Waals surface area contributed by atoms with E-state index in [-0.39, 0.29) is 18.3 Å². The molecule has 0 unspecified atom stereocenters. The van der Waals surface area contributed by atoms with Gasteiger partial charge in [-0.05, 0) is 68.1 Å². The second kappa shape index (κ2) is 7.78. The van der Waals surface area contributed by atoms with Crippen molar-refractivity contribution in [1.82, 2.24) is 4.90 Å². The van der Waals surface area contributed by atoms with Crippen molar-refractivity contribution in [2.75, 3.05) is 19.7 Å². The Hall–Kier alpha value is -2.82. The van der Waals surface area contributed by atoms with E-state index in [1.54, 1.807) is 0 Å². The number of Topliss-reactive ketones (excluding diaryl/α,β-unsaturated/α-hetero) is 1. The largest absolute Gasteiger partial charge is 0.486 e. The summed E-state index contributed by atoms with van der Waals surface area (Å²) in [7, 11) is 0. The first-order valence-electron chi connectivity index (χ1n) is 10.6. The average molecular weight is 408 g/mol. The molecule has 1 spiro atoms. The number of likely N-dealkylation sites (tertiary alicyclic amines) is 1. The number of carbonyl (C=O) groups excluding carboxylic acids is 2. The van der Waals surface area contributed by atoms with Gasteiger partial charge in [-0.1, -0.05) is 12.1 Å². The summed E-state index contributed by atoms with van der Waals surface area (Å²) in [5.41, 5.74) is 4.50. The molecule has 0 saturated carbocycles. The molecule has 158 valence electrons. The van der Waals surface area contributed by atoms with Gasteiger partial charge in [0.15, 0.2) is 12.4 Å². The number of piperidine rings is 1. The summed E-state index contributed by atoms with van der Waals surface area (Å²) in [6, 6.07) is 9.93. The van der Waals surface area contributed by atoms with Gasteiger partial charge in [-0.3, -0.25) is 9.59 Å². The van der Waals surface area contributed by atoms with Crippen LogP contribution in [0.25, 0.3) is 0 Å². The van der Waals surface area contributed by atoms with Crippen molar-refractivity contribution in [3.8, 4) is 11.5 Å². The highest BCUT2D eigenvalue weighted by atomic mass is 16.5. The lowest BCUT2D eigenvalue weighted by molar-refractivity contribution is -0.136. The van der Waals surface area contributed by atoms with Crippen LogP contribution in [0.1, 0.15) is 51.9 Å². The zero-order chi connectivity index (χ0) is 21.5. The van der Waals surface area contributed by atoms with Gasteiger partial charge in [-0.25, -0.2) is 0 Å². The number of carbonyl (C=O) groups is 2. The van der Waals surface area contributed by atoms with Gasteiger partial charge in [0.2, 0.25) is 0 Å². The van der Waals surface area contributed by atoms with E-state index in [0.717, 1.165) is 28.0 Å². The minimum atomic E-state index is -0.504.